The number of halogens is 2. The molecule has 0 aromatic heterocycles. The number of carbonyl (C=O) groups is 2. The minimum absolute atomic E-state index is 0.291. The summed E-state index contributed by atoms with van der Waals surface area (Å²) < 4.78 is 64.5. The summed E-state index contributed by atoms with van der Waals surface area (Å²) >= 11 is -4.28. The molecule has 364 valence electrons. The SMILES string of the molecule is CCC[CH2][Sn]([CH2]CCC)([O]C(=O)C([CH2][Ge]12[O]CCN(CC[O]1)CC[O]2)c1ccc(Cl)cc1)[O][Sn]([CH2]CCC)([CH2]CCC)[O]C(=O)C([CH2][Ge]12[O]CCN(CC[O]1)CC[O]2)c1ccc(Cl)cc1. The van der Waals surface area contributed by atoms with Crippen LogP contribution in [0.1, 0.15) is 102 Å². The Morgan fingerprint density at radius 2 is 0.800 bits per heavy atom. The first kappa shape index (κ1) is 54.6. The van der Waals surface area contributed by atoms with Crippen molar-refractivity contribution < 1.29 is 39.7 Å². The van der Waals surface area contributed by atoms with E-state index in [-0.39, 0.29) is 11.9 Å². The van der Waals surface area contributed by atoms with Crippen LogP contribution < -0.4 is 0 Å². The van der Waals surface area contributed by atoms with Crippen LogP contribution in [0, 0.1) is 0 Å². The first-order chi connectivity index (χ1) is 31.5. The van der Waals surface area contributed by atoms with Gasteiger partial charge in [-0.3, -0.25) is 0 Å². The number of fused-ring (bicyclic) bond motifs is 12. The van der Waals surface area contributed by atoms with Gasteiger partial charge in [-0.05, 0) is 0 Å². The molecule has 2 unspecified atom stereocenters. The van der Waals surface area contributed by atoms with Gasteiger partial charge in [-0.1, -0.05) is 0 Å². The quantitative estimate of drug-likeness (QED) is 0.0929. The Hall–Kier alpha value is 0.283. The molecular weight excluding hydrogens is 1210 g/mol. The summed E-state index contributed by atoms with van der Waals surface area (Å²) in [4.78, 5) is 35.4. The molecule has 2 atom stereocenters. The number of benzene rings is 2. The van der Waals surface area contributed by atoms with Crippen molar-refractivity contribution in [3.05, 3.63) is 69.7 Å². The van der Waals surface area contributed by atoms with E-state index in [0.717, 1.165) is 102 Å². The minimum atomic E-state index is -4.57. The zero-order chi connectivity index (χ0) is 46.2. The van der Waals surface area contributed by atoms with E-state index in [1.165, 1.54) is 0 Å². The van der Waals surface area contributed by atoms with Gasteiger partial charge >= 0.3 is 419 Å². The van der Waals surface area contributed by atoms with Gasteiger partial charge in [0.25, 0.3) is 0 Å². The number of nitrogens with zero attached hydrogens (tertiary/aromatic N) is 2. The molecule has 0 saturated carbocycles. The van der Waals surface area contributed by atoms with Crippen molar-refractivity contribution in [2.45, 2.75) is 119 Å². The zero-order valence-corrected chi connectivity index (χ0v) is 50.7. The third-order valence-corrected chi connectivity index (χ3v) is 57.8. The van der Waals surface area contributed by atoms with Crippen molar-refractivity contribution in [3.8, 4) is 0 Å². The second-order valence-corrected chi connectivity index (χ2v) is 51.6. The first-order valence-corrected chi connectivity index (χ1v) is 46.0. The Morgan fingerprint density at radius 3 is 1.06 bits per heavy atom. The van der Waals surface area contributed by atoms with Gasteiger partial charge in [0.2, 0.25) is 0 Å². The van der Waals surface area contributed by atoms with Crippen molar-refractivity contribution in [2.24, 2.45) is 0 Å². The van der Waals surface area contributed by atoms with Gasteiger partial charge in [-0.2, -0.15) is 0 Å². The van der Waals surface area contributed by atoms with Crippen LogP contribution in [0.15, 0.2) is 48.5 Å². The molecule has 6 saturated heterocycles. The van der Waals surface area contributed by atoms with Crippen molar-refractivity contribution in [1.82, 2.24) is 9.80 Å². The molecule has 0 amide bonds. The van der Waals surface area contributed by atoms with Crippen molar-refractivity contribution in [2.75, 3.05) is 78.9 Å². The third kappa shape index (κ3) is 16.1. The first-order valence-electron chi connectivity index (χ1n) is 24.4. The van der Waals surface area contributed by atoms with E-state index in [4.69, 9.17) is 53.3 Å². The molecule has 6 aliphatic heterocycles. The van der Waals surface area contributed by atoms with E-state index in [1.54, 1.807) is 0 Å². The van der Waals surface area contributed by atoms with E-state index in [2.05, 4.69) is 37.5 Å². The molecule has 6 heterocycles. The van der Waals surface area contributed by atoms with Crippen LogP contribution in [0.25, 0.3) is 0 Å². The van der Waals surface area contributed by atoms with Gasteiger partial charge in [-0.15, -0.1) is 0 Å². The summed E-state index contributed by atoms with van der Waals surface area (Å²) in [7, 11) is 0. The van der Waals surface area contributed by atoms with E-state index in [9.17, 15) is 0 Å². The standard InChI is InChI=1S/2C15H20ClGeNO5.4C4H9.O.2Sn/c2*16-13-3-1-12(2-4-13)14(15(19)20)11-17-21-8-5-18(6-9-22-17)7-10-23-17;4*1-3-4-2;;;/h2*1-4,14H,5-11H2,(H,19,20);4*1,3-4H2,2H3;;;/q;;;;;;;2*+1/p-2. The molecular formula is C46H74Cl2Ge2N2O11Sn2. The summed E-state index contributed by atoms with van der Waals surface area (Å²) in [6, 6.07) is 14.9. The average Bonchev–Trinajstić information content (AvgIpc) is 3.25. The molecule has 4 bridgehead atoms. The Labute approximate surface area is 415 Å². The van der Waals surface area contributed by atoms with Gasteiger partial charge < -0.3 is 0 Å². The number of hydrogen-bond donors (Lipinski definition) is 0. The van der Waals surface area contributed by atoms with E-state index >= 15 is 9.59 Å². The van der Waals surface area contributed by atoms with Gasteiger partial charge in [0, 0.05) is 0 Å². The Morgan fingerprint density at radius 1 is 0.523 bits per heavy atom. The number of hydrogen-bond acceptors (Lipinski definition) is 13. The second kappa shape index (κ2) is 27.2. The van der Waals surface area contributed by atoms with Gasteiger partial charge in [-0.25, -0.2) is 0 Å². The fraction of sp³-hybridized carbons (Fsp3) is 0.696. The molecule has 8 rings (SSSR count). The number of carbonyl (C=O) groups excluding carboxylic acids is 2. The molecule has 0 radical (unpaired) electrons. The van der Waals surface area contributed by atoms with Crippen LogP contribution in [0.5, 0.6) is 0 Å². The molecule has 0 spiro atoms. The molecule has 0 N–H and O–H groups in total. The Kier molecular flexibility index (Phi) is 22.9. The Bertz CT molecular complexity index is 1580. The van der Waals surface area contributed by atoms with Crippen LogP contribution in [0.3, 0.4) is 0 Å². The van der Waals surface area contributed by atoms with Gasteiger partial charge in [0.05, 0.1) is 0 Å². The summed E-state index contributed by atoms with van der Waals surface area (Å²) in [6.45, 7) is 16.4. The van der Waals surface area contributed by atoms with Crippen LogP contribution in [0.4, 0.5) is 0 Å². The fourth-order valence-electron chi connectivity index (χ4n) is 9.15. The van der Waals surface area contributed by atoms with E-state index in [0.29, 0.717) is 77.9 Å². The predicted molar refractivity (Wildman–Crippen MR) is 262 cm³/mol. The second-order valence-electron chi connectivity index (χ2n) is 17.9. The molecule has 6 aliphatic rings. The van der Waals surface area contributed by atoms with Crippen molar-refractivity contribution in [3.63, 3.8) is 0 Å². The third-order valence-electron chi connectivity index (χ3n) is 13.0. The summed E-state index contributed by atoms with van der Waals surface area (Å²) in [5.74, 6) is -2.11. The maximum absolute atomic E-state index is 15.4. The van der Waals surface area contributed by atoms with Crippen LogP contribution in [-0.2, 0) is 39.7 Å². The number of rotatable bonds is 24. The normalized spacial score (nSPS) is 25.0. The number of unbranched alkanes of at least 4 members (excludes halogenated alkanes) is 4. The molecule has 19 heteroatoms. The van der Waals surface area contributed by atoms with Crippen molar-refractivity contribution in [1.29, 1.82) is 0 Å². The predicted octanol–water partition coefficient (Wildman–Crippen LogP) is 9.68. The summed E-state index contributed by atoms with van der Waals surface area (Å²) in [5, 5.41) is 1.74. The average molecular weight is 1280 g/mol. The topological polar surface area (TPSA) is 124 Å². The summed E-state index contributed by atoms with van der Waals surface area (Å²) in [5.41, 5.74) is 1.56. The molecule has 2 aromatic rings. The van der Waals surface area contributed by atoms with Crippen molar-refractivity contribution >= 4 is 102 Å². The molecule has 6 fully saturated rings. The van der Waals surface area contributed by atoms with Gasteiger partial charge in [0.15, 0.2) is 0 Å². The summed E-state index contributed by atoms with van der Waals surface area (Å²) in [6.07, 6.45) is 7.02. The Balaban J connectivity index is 1.39. The van der Waals surface area contributed by atoms with E-state index in [1.807, 2.05) is 48.5 Å². The van der Waals surface area contributed by atoms with Gasteiger partial charge in [0.1, 0.15) is 0 Å². The van der Waals surface area contributed by atoms with Crippen LogP contribution in [0.2, 0.25) is 38.3 Å². The fourth-order valence-corrected chi connectivity index (χ4v) is 62.2. The molecule has 65 heavy (non-hydrogen) atoms. The van der Waals surface area contributed by atoms with Crippen LogP contribution >= 0.6 is 23.2 Å². The molecule has 0 aliphatic carbocycles. The molecule has 13 nitrogen and oxygen atoms in total. The molecule has 2 aromatic carbocycles. The van der Waals surface area contributed by atoms with E-state index < -0.39 is 78.8 Å². The van der Waals surface area contributed by atoms with Crippen LogP contribution in [-0.4, -0.2) is 168 Å². The zero-order valence-electron chi connectivity index (χ0n) is 39.3. The monoisotopic (exact) mass is 1290 g/mol. The maximum atomic E-state index is 15.4.